The van der Waals surface area contributed by atoms with Crippen molar-refractivity contribution in [1.29, 1.82) is 0 Å². The van der Waals surface area contributed by atoms with Crippen molar-refractivity contribution in [2.45, 2.75) is 13.8 Å². The first kappa shape index (κ1) is 12.3. The van der Waals surface area contributed by atoms with Gasteiger partial charge in [0.2, 0.25) is 5.82 Å². The highest BCUT2D eigenvalue weighted by atomic mass is 16.5. The van der Waals surface area contributed by atoms with Crippen LogP contribution in [-0.2, 0) is 0 Å². The van der Waals surface area contributed by atoms with E-state index in [4.69, 9.17) is 10.3 Å². The lowest BCUT2D eigenvalue weighted by Gasteiger charge is -2.06. The Morgan fingerprint density at radius 2 is 2.00 bits per heavy atom. The maximum atomic E-state index is 6.09. The highest BCUT2D eigenvalue weighted by Gasteiger charge is 2.15. The topological polar surface area (TPSA) is 77.8 Å². The number of aryl methyl sites for hydroxylation is 2. The minimum atomic E-state index is 0.412. The summed E-state index contributed by atoms with van der Waals surface area (Å²) in [6.45, 7) is 3.97. The fraction of sp³-hybridized carbons (Fsp3) is 0.133. The summed E-state index contributed by atoms with van der Waals surface area (Å²) in [6, 6.07) is 9.52. The molecule has 5 heteroatoms. The number of nitrogens with zero attached hydrogens (tertiary/aromatic N) is 3. The van der Waals surface area contributed by atoms with E-state index in [1.807, 2.05) is 44.2 Å². The zero-order chi connectivity index (χ0) is 14.1. The highest BCUT2D eigenvalue weighted by molar-refractivity contribution is 5.74. The molecule has 20 heavy (non-hydrogen) atoms. The molecule has 5 nitrogen and oxygen atoms in total. The maximum absolute atomic E-state index is 6.09. The number of hydrogen-bond donors (Lipinski definition) is 1. The quantitative estimate of drug-likeness (QED) is 0.721. The molecular formula is C15H14N4O. The van der Waals surface area contributed by atoms with Gasteiger partial charge >= 0.3 is 0 Å². The lowest BCUT2D eigenvalue weighted by molar-refractivity contribution is 0.432. The van der Waals surface area contributed by atoms with E-state index >= 15 is 0 Å². The number of nitrogens with two attached hydrogens (primary N) is 1. The molecule has 3 aromatic rings. The van der Waals surface area contributed by atoms with Crippen molar-refractivity contribution in [2.75, 3.05) is 5.73 Å². The van der Waals surface area contributed by atoms with E-state index in [1.54, 1.807) is 6.20 Å². The maximum Gasteiger partial charge on any atom is 0.260 e. The summed E-state index contributed by atoms with van der Waals surface area (Å²) in [5, 5.41) is 3.96. The van der Waals surface area contributed by atoms with Crippen molar-refractivity contribution < 1.29 is 4.52 Å². The van der Waals surface area contributed by atoms with Gasteiger partial charge in [0.05, 0.1) is 5.56 Å². The smallest absolute Gasteiger partial charge is 0.260 e. The SMILES string of the molecule is Cc1cc(C)c(N)c(-c2nc(-c3ccccn3)no2)c1. The van der Waals surface area contributed by atoms with E-state index in [1.165, 1.54) is 0 Å². The van der Waals surface area contributed by atoms with E-state index < -0.39 is 0 Å². The second-order valence-corrected chi connectivity index (χ2v) is 4.68. The minimum absolute atomic E-state index is 0.412. The van der Waals surface area contributed by atoms with Gasteiger partial charge in [0, 0.05) is 11.9 Å². The van der Waals surface area contributed by atoms with Crippen LogP contribution in [0.5, 0.6) is 0 Å². The average Bonchev–Trinajstić information content (AvgIpc) is 2.93. The van der Waals surface area contributed by atoms with Crippen LogP contribution < -0.4 is 5.73 Å². The van der Waals surface area contributed by atoms with Gasteiger partial charge in [0.15, 0.2) is 0 Å². The van der Waals surface area contributed by atoms with Crippen molar-refractivity contribution >= 4 is 5.69 Å². The molecule has 0 spiro atoms. The Morgan fingerprint density at radius 1 is 1.15 bits per heavy atom. The summed E-state index contributed by atoms with van der Waals surface area (Å²) >= 11 is 0. The average molecular weight is 266 g/mol. The predicted molar refractivity (Wildman–Crippen MR) is 76.9 cm³/mol. The van der Waals surface area contributed by atoms with Crippen molar-refractivity contribution in [2.24, 2.45) is 0 Å². The molecular weight excluding hydrogens is 252 g/mol. The number of nitrogen functional groups attached to an aromatic ring is 1. The van der Waals surface area contributed by atoms with E-state index in [2.05, 4.69) is 15.1 Å². The normalized spacial score (nSPS) is 10.7. The molecule has 0 bridgehead atoms. The molecule has 0 saturated carbocycles. The van der Waals surface area contributed by atoms with Gasteiger partial charge in [-0.2, -0.15) is 4.98 Å². The molecule has 0 aliphatic rings. The number of hydrogen-bond acceptors (Lipinski definition) is 5. The monoisotopic (exact) mass is 266 g/mol. The largest absolute Gasteiger partial charge is 0.398 e. The van der Waals surface area contributed by atoms with Gasteiger partial charge in [0.1, 0.15) is 5.69 Å². The third kappa shape index (κ3) is 2.14. The first-order chi connectivity index (χ1) is 9.65. The molecule has 3 rings (SSSR count). The van der Waals surface area contributed by atoms with Gasteiger partial charge in [-0.05, 0) is 43.2 Å². The summed E-state index contributed by atoms with van der Waals surface area (Å²) < 4.78 is 5.31. The number of rotatable bonds is 2. The van der Waals surface area contributed by atoms with Crippen molar-refractivity contribution in [3.63, 3.8) is 0 Å². The Bertz CT molecular complexity index is 750. The predicted octanol–water partition coefficient (Wildman–Crippen LogP) is 3.00. The second kappa shape index (κ2) is 4.77. The van der Waals surface area contributed by atoms with Crippen molar-refractivity contribution in [3.05, 3.63) is 47.7 Å². The van der Waals surface area contributed by atoms with Crippen LogP contribution in [0.25, 0.3) is 23.0 Å². The van der Waals surface area contributed by atoms with Crippen LogP contribution in [0.4, 0.5) is 5.69 Å². The molecule has 0 saturated heterocycles. The standard InChI is InChI=1S/C15H14N4O/c1-9-7-10(2)13(16)11(8-9)15-18-14(19-20-15)12-5-3-4-6-17-12/h3-8H,16H2,1-2H3. The lowest BCUT2D eigenvalue weighted by Crippen LogP contribution is -1.95. The zero-order valence-corrected chi connectivity index (χ0v) is 11.3. The third-order valence-corrected chi connectivity index (χ3v) is 3.08. The number of aromatic nitrogens is 3. The summed E-state index contributed by atoms with van der Waals surface area (Å²) in [5.74, 6) is 0.870. The van der Waals surface area contributed by atoms with Crippen LogP contribution in [0.1, 0.15) is 11.1 Å². The first-order valence-corrected chi connectivity index (χ1v) is 6.27. The van der Waals surface area contributed by atoms with E-state index in [0.29, 0.717) is 23.1 Å². The van der Waals surface area contributed by atoms with E-state index in [-0.39, 0.29) is 0 Å². The molecule has 0 aliphatic heterocycles. The molecule has 0 amide bonds. The molecule has 0 fully saturated rings. The van der Waals surface area contributed by atoms with Crippen LogP contribution in [0, 0.1) is 13.8 Å². The van der Waals surface area contributed by atoms with Crippen molar-refractivity contribution in [3.8, 4) is 23.0 Å². The fourth-order valence-electron chi connectivity index (χ4n) is 2.09. The van der Waals surface area contributed by atoms with Crippen LogP contribution in [0.15, 0.2) is 41.1 Å². The zero-order valence-electron chi connectivity index (χ0n) is 11.3. The summed E-state index contributed by atoms with van der Waals surface area (Å²) in [4.78, 5) is 8.57. The third-order valence-electron chi connectivity index (χ3n) is 3.08. The van der Waals surface area contributed by atoms with Gasteiger partial charge in [-0.3, -0.25) is 4.98 Å². The van der Waals surface area contributed by atoms with Gasteiger partial charge in [-0.1, -0.05) is 17.3 Å². The Morgan fingerprint density at radius 3 is 2.75 bits per heavy atom. The minimum Gasteiger partial charge on any atom is -0.398 e. The lowest BCUT2D eigenvalue weighted by atomic mass is 10.0. The number of pyridine rings is 1. The number of anilines is 1. The van der Waals surface area contributed by atoms with Gasteiger partial charge < -0.3 is 10.3 Å². The Labute approximate surface area is 116 Å². The molecule has 0 unspecified atom stereocenters. The Hall–Kier alpha value is -2.69. The Balaban J connectivity index is 2.07. The fourth-order valence-corrected chi connectivity index (χ4v) is 2.09. The van der Waals surface area contributed by atoms with Gasteiger partial charge in [-0.25, -0.2) is 0 Å². The summed E-state index contributed by atoms with van der Waals surface area (Å²) in [5.41, 5.74) is 10.3. The summed E-state index contributed by atoms with van der Waals surface area (Å²) in [6.07, 6.45) is 1.69. The molecule has 0 atom stereocenters. The second-order valence-electron chi connectivity index (χ2n) is 4.68. The highest BCUT2D eigenvalue weighted by Crippen LogP contribution is 2.29. The van der Waals surface area contributed by atoms with Gasteiger partial charge in [-0.15, -0.1) is 0 Å². The van der Waals surface area contributed by atoms with E-state index in [0.717, 1.165) is 16.7 Å². The van der Waals surface area contributed by atoms with Crippen LogP contribution in [0.2, 0.25) is 0 Å². The molecule has 0 aliphatic carbocycles. The van der Waals surface area contributed by atoms with Crippen LogP contribution in [0.3, 0.4) is 0 Å². The van der Waals surface area contributed by atoms with Crippen LogP contribution >= 0.6 is 0 Å². The molecule has 2 N–H and O–H groups in total. The number of benzene rings is 1. The van der Waals surface area contributed by atoms with Gasteiger partial charge in [0.25, 0.3) is 5.89 Å². The molecule has 0 radical (unpaired) electrons. The van der Waals surface area contributed by atoms with Crippen LogP contribution in [-0.4, -0.2) is 15.1 Å². The molecule has 2 aromatic heterocycles. The molecule has 2 heterocycles. The Kier molecular flexibility index (Phi) is 2.95. The molecule has 100 valence electrons. The van der Waals surface area contributed by atoms with E-state index in [9.17, 15) is 0 Å². The van der Waals surface area contributed by atoms with Crippen molar-refractivity contribution in [1.82, 2.24) is 15.1 Å². The first-order valence-electron chi connectivity index (χ1n) is 6.27. The molecule has 1 aromatic carbocycles. The summed E-state index contributed by atoms with van der Waals surface area (Å²) in [7, 11) is 0.